The first-order valence-corrected chi connectivity index (χ1v) is 7.51. The first-order valence-electron chi connectivity index (χ1n) is 6.43. The molecular formula is C13H19IN2O3. The highest BCUT2D eigenvalue weighted by atomic mass is 127. The number of aryl methyl sites for hydroxylation is 2. The molecule has 0 aliphatic heterocycles. The van der Waals surface area contributed by atoms with Crippen LogP contribution in [0.25, 0.3) is 0 Å². The van der Waals surface area contributed by atoms with Gasteiger partial charge in [-0.25, -0.2) is 4.98 Å². The molecule has 0 N–H and O–H groups in total. The second kappa shape index (κ2) is 8.29. The van der Waals surface area contributed by atoms with Crippen LogP contribution in [0.5, 0.6) is 0 Å². The third kappa shape index (κ3) is 5.30. The van der Waals surface area contributed by atoms with Gasteiger partial charge in [0.1, 0.15) is 0 Å². The van der Waals surface area contributed by atoms with Gasteiger partial charge in [-0.05, 0) is 49.3 Å². The number of nitrogens with zero attached hydrogens (tertiary/aromatic N) is 2. The number of aromatic nitrogens is 2. The van der Waals surface area contributed by atoms with Crippen LogP contribution in [0.2, 0.25) is 0 Å². The maximum atomic E-state index is 11.9. The minimum absolute atomic E-state index is 0.0125. The Bertz CT molecular complexity index is 485. The Morgan fingerprint density at radius 3 is 2.84 bits per heavy atom. The molecule has 1 aromatic heterocycles. The molecule has 0 spiro atoms. The van der Waals surface area contributed by atoms with Crippen molar-refractivity contribution in [2.45, 2.75) is 46.1 Å². The molecule has 106 valence electrons. The van der Waals surface area contributed by atoms with Crippen LogP contribution in [0.3, 0.4) is 0 Å². The second-order valence-electron chi connectivity index (χ2n) is 4.26. The number of carbonyl (C=O) groups excluding carboxylic acids is 1. The van der Waals surface area contributed by atoms with E-state index in [0.29, 0.717) is 23.1 Å². The Morgan fingerprint density at radius 2 is 2.16 bits per heavy atom. The van der Waals surface area contributed by atoms with E-state index in [9.17, 15) is 9.59 Å². The molecule has 0 aliphatic carbocycles. The van der Waals surface area contributed by atoms with Gasteiger partial charge in [-0.15, -0.1) is 0 Å². The van der Waals surface area contributed by atoms with Crippen LogP contribution in [0.15, 0.2) is 11.1 Å². The number of ether oxygens (including phenoxy) is 1. The Labute approximate surface area is 126 Å². The monoisotopic (exact) mass is 378 g/mol. The standard InChI is InChI=1S/C13H19IN2O3/c1-3-19-11(17)7-5-4-6-8-16-9-15-10(2)12(14)13(16)18/h9H,3-8H2,1-2H3. The molecule has 0 aromatic carbocycles. The fraction of sp³-hybridized carbons (Fsp3) is 0.615. The number of halogens is 1. The Balaban J connectivity index is 2.33. The van der Waals surface area contributed by atoms with Crippen molar-refractivity contribution in [1.29, 1.82) is 0 Å². The normalized spacial score (nSPS) is 10.5. The van der Waals surface area contributed by atoms with Crippen molar-refractivity contribution < 1.29 is 9.53 Å². The second-order valence-corrected chi connectivity index (χ2v) is 5.34. The van der Waals surface area contributed by atoms with Gasteiger partial charge in [0.25, 0.3) is 5.56 Å². The summed E-state index contributed by atoms with van der Waals surface area (Å²) in [5.74, 6) is -0.147. The molecule has 6 heteroatoms. The number of hydrogen-bond acceptors (Lipinski definition) is 4. The average Bonchev–Trinajstić information content (AvgIpc) is 2.38. The summed E-state index contributed by atoms with van der Waals surface area (Å²) in [5.41, 5.74) is 0.780. The lowest BCUT2D eigenvalue weighted by Crippen LogP contribution is -2.24. The van der Waals surface area contributed by atoms with Gasteiger partial charge in [0.05, 0.1) is 22.2 Å². The molecule has 5 nitrogen and oxygen atoms in total. The highest BCUT2D eigenvalue weighted by molar-refractivity contribution is 14.1. The maximum Gasteiger partial charge on any atom is 0.305 e. The summed E-state index contributed by atoms with van der Waals surface area (Å²) in [6.45, 7) is 4.70. The van der Waals surface area contributed by atoms with Gasteiger partial charge in [0.2, 0.25) is 0 Å². The first kappa shape index (κ1) is 16.1. The predicted octanol–water partition coefficient (Wildman–Crippen LogP) is 2.28. The molecule has 0 bridgehead atoms. The number of rotatable bonds is 7. The lowest BCUT2D eigenvalue weighted by atomic mass is 10.2. The van der Waals surface area contributed by atoms with E-state index >= 15 is 0 Å². The third-order valence-corrected chi connectivity index (χ3v) is 3.98. The lowest BCUT2D eigenvalue weighted by Gasteiger charge is -2.06. The Hall–Kier alpha value is -0.920. The van der Waals surface area contributed by atoms with Gasteiger partial charge in [-0.2, -0.15) is 0 Å². The molecule has 0 unspecified atom stereocenters. The fourth-order valence-electron chi connectivity index (χ4n) is 1.67. The zero-order valence-electron chi connectivity index (χ0n) is 11.3. The molecule has 0 saturated heterocycles. The smallest absolute Gasteiger partial charge is 0.305 e. The van der Waals surface area contributed by atoms with Crippen LogP contribution in [-0.2, 0) is 16.1 Å². The largest absolute Gasteiger partial charge is 0.466 e. The molecule has 0 amide bonds. The van der Waals surface area contributed by atoms with Crippen molar-refractivity contribution in [1.82, 2.24) is 9.55 Å². The first-order chi connectivity index (χ1) is 9.06. The van der Waals surface area contributed by atoms with Gasteiger partial charge in [-0.1, -0.05) is 6.42 Å². The summed E-state index contributed by atoms with van der Waals surface area (Å²) in [7, 11) is 0. The molecule has 1 heterocycles. The van der Waals surface area contributed by atoms with Crippen molar-refractivity contribution in [2.75, 3.05) is 6.61 Å². The molecule has 0 aliphatic rings. The number of esters is 1. The van der Waals surface area contributed by atoms with Crippen LogP contribution < -0.4 is 5.56 Å². The van der Waals surface area contributed by atoms with Gasteiger partial charge in [0.15, 0.2) is 0 Å². The van der Waals surface area contributed by atoms with E-state index < -0.39 is 0 Å². The average molecular weight is 378 g/mol. The topological polar surface area (TPSA) is 61.2 Å². The fourth-order valence-corrected chi connectivity index (χ4v) is 2.12. The minimum atomic E-state index is -0.147. The molecule has 0 radical (unpaired) electrons. The zero-order valence-corrected chi connectivity index (χ0v) is 13.5. The highest BCUT2D eigenvalue weighted by Crippen LogP contribution is 2.05. The summed E-state index contributed by atoms with van der Waals surface area (Å²) >= 11 is 2.02. The van der Waals surface area contributed by atoms with Crippen LogP contribution in [0, 0.1) is 10.5 Å². The lowest BCUT2D eigenvalue weighted by molar-refractivity contribution is -0.143. The molecular weight excluding hydrogens is 359 g/mol. The van der Waals surface area contributed by atoms with Crippen LogP contribution in [-0.4, -0.2) is 22.1 Å². The summed E-state index contributed by atoms with van der Waals surface area (Å²) in [6.07, 6.45) is 4.59. The summed E-state index contributed by atoms with van der Waals surface area (Å²) in [5, 5.41) is 0. The molecule has 0 fully saturated rings. The van der Waals surface area contributed by atoms with E-state index in [1.165, 1.54) is 0 Å². The van der Waals surface area contributed by atoms with Crippen molar-refractivity contribution in [2.24, 2.45) is 0 Å². The van der Waals surface area contributed by atoms with Crippen molar-refractivity contribution in [3.8, 4) is 0 Å². The molecule has 1 aromatic rings. The van der Waals surface area contributed by atoms with E-state index in [-0.39, 0.29) is 11.5 Å². The number of carbonyl (C=O) groups is 1. The van der Waals surface area contributed by atoms with Gasteiger partial charge in [0, 0.05) is 13.0 Å². The van der Waals surface area contributed by atoms with E-state index in [1.807, 2.05) is 29.5 Å². The van der Waals surface area contributed by atoms with Crippen LogP contribution in [0.4, 0.5) is 0 Å². The van der Waals surface area contributed by atoms with Crippen LogP contribution >= 0.6 is 22.6 Å². The van der Waals surface area contributed by atoms with Gasteiger partial charge in [-0.3, -0.25) is 14.2 Å². The summed E-state index contributed by atoms with van der Waals surface area (Å²) < 4.78 is 7.15. The molecule has 0 atom stereocenters. The summed E-state index contributed by atoms with van der Waals surface area (Å²) in [4.78, 5) is 27.2. The Kier molecular flexibility index (Phi) is 7.04. The summed E-state index contributed by atoms with van der Waals surface area (Å²) in [6, 6.07) is 0. The predicted molar refractivity (Wildman–Crippen MR) is 81.1 cm³/mol. The molecule has 0 saturated carbocycles. The zero-order chi connectivity index (χ0) is 14.3. The highest BCUT2D eigenvalue weighted by Gasteiger charge is 2.05. The number of hydrogen-bond donors (Lipinski definition) is 0. The Morgan fingerprint density at radius 1 is 1.42 bits per heavy atom. The molecule has 1 rings (SSSR count). The van der Waals surface area contributed by atoms with Crippen molar-refractivity contribution in [3.05, 3.63) is 25.9 Å². The van der Waals surface area contributed by atoms with Crippen molar-refractivity contribution >= 4 is 28.6 Å². The quantitative estimate of drug-likeness (QED) is 0.415. The van der Waals surface area contributed by atoms with E-state index in [2.05, 4.69) is 4.98 Å². The van der Waals surface area contributed by atoms with E-state index in [4.69, 9.17) is 4.74 Å². The van der Waals surface area contributed by atoms with Gasteiger partial charge < -0.3 is 4.74 Å². The maximum absolute atomic E-state index is 11.9. The number of unbranched alkanes of at least 4 members (excludes halogenated alkanes) is 2. The van der Waals surface area contributed by atoms with E-state index in [0.717, 1.165) is 25.0 Å². The SMILES string of the molecule is CCOC(=O)CCCCCn1cnc(C)c(I)c1=O. The molecule has 19 heavy (non-hydrogen) atoms. The van der Waals surface area contributed by atoms with E-state index in [1.54, 1.807) is 17.8 Å². The van der Waals surface area contributed by atoms with Crippen molar-refractivity contribution in [3.63, 3.8) is 0 Å². The van der Waals surface area contributed by atoms with Gasteiger partial charge >= 0.3 is 5.97 Å². The van der Waals surface area contributed by atoms with Crippen LogP contribution in [0.1, 0.15) is 38.3 Å². The minimum Gasteiger partial charge on any atom is -0.466 e. The third-order valence-electron chi connectivity index (χ3n) is 2.74.